The van der Waals surface area contributed by atoms with Crippen LogP contribution < -0.4 is 5.32 Å². The molecular weight excluding hydrogens is 382 g/mol. The van der Waals surface area contributed by atoms with Gasteiger partial charge in [0.25, 0.3) is 0 Å². The van der Waals surface area contributed by atoms with Crippen LogP contribution in [0.2, 0.25) is 0 Å². The van der Waals surface area contributed by atoms with Crippen LogP contribution in [0.1, 0.15) is 37.0 Å². The van der Waals surface area contributed by atoms with E-state index in [1.807, 2.05) is 65.6 Å². The van der Waals surface area contributed by atoms with Crippen molar-refractivity contribution in [2.75, 3.05) is 18.5 Å². The molecule has 0 amide bonds. The first-order chi connectivity index (χ1) is 13.9. The minimum absolute atomic E-state index is 0.0350. The molecule has 29 heavy (non-hydrogen) atoms. The highest BCUT2D eigenvalue weighted by molar-refractivity contribution is 7.80. The van der Waals surface area contributed by atoms with Gasteiger partial charge in [-0.2, -0.15) is 0 Å². The number of carbonyl (C=O) groups is 1. The van der Waals surface area contributed by atoms with Crippen LogP contribution in [-0.2, 0) is 4.74 Å². The number of ketones is 1. The number of anilines is 1. The zero-order chi connectivity index (χ0) is 20.5. The summed E-state index contributed by atoms with van der Waals surface area (Å²) in [4.78, 5) is 19.7. The van der Waals surface area contributed by atoms with E-state index in [1.54, 1.807) is 0 Å². The van der Waals surface area contributed by atoms with Crippen molar-refractivity contribution in [3.63, 3.8) is 0 Å². The van der Waals surface area contributed by atoms with Crippen molar-refractivity contribution < 1.29 is 9.53 Å². The van der Waals surface area contributed by atoms with E-state index >= 15 is 0 Å². The Kier molecular flexibility index (Phi) is 5.23. The number of aliphatic imine (C=N–C) groups is 1. The molecule has 1 unspecified atom stereocenters. The summed E-state index contributed by atoms with van der Waals surface area (Å²) in [6, 6.07) is 19.3. The van der Waals surface area contributed by atoms with E-state index in [0.29, 0.717) is 23.7 Å². The minimum atomic E-state index is -0.487. The van der Waals surface area contributed by atoms with Crippen LogP contribution in [0, 0.1) is 0 Å². The van der Waals surface area contributed by atoms with Gasteiger partial charge in [-0.3, -0.25) is 4.79 Å². The first kappa shape index (κ1) is 19.7. The third kappa shape index (κ3) is 3.95. The lowest BCUT2D eigenvalue weighted by molar-refractivity contribution is -0.0860. The zero-order valence-corrected chi connectivity index (χ0v) is 17.5. The molecule has 6 heteroatoms. The van der Waals surface area contributed by atoms with Crippen LogP contribution in [0.3, 0.4) is 0 Å². The Bertz CT molecular complexity index is 943. The highest BCUT2D eigenvalue weighted by atomic mass is 32.1. The number of nitrogens with zero attached hydrogens (tertiary/aromatic N) is 2. The van der Waals surface area contributed by atoms with Gasteiger partial charge in [0.1, 0.15) is 11.4 Å². The molecule has 1 spiro atoms. The summed E-state index contributed by atoms with van der Waals surface area (Å²) in [6.45, 7) is 4.93. The van der Waals surface area contributed by atoms with E-state index in [0.717, 1.165) is 17.9 Å². The number of hydrogen-bond acceptors (Lipinski definition) is 4. The van der Waals surface area contributed by atoms with Gasteiger partial charge < -0.3 is 15.0 Å². The molecule has 0 aromatic heterocycles. The molecular formula is C23H25N3O2S. The maximum atomic E-state index is 13.0. The Balaban J connectivity index is 1.67. The standard InChI is InChI=1S/C23H25N3O2S/c1-22(2)16-23(13-14-28-22)20(24-18-11-7-4-8-12-18)25-21(29)26(23)15-19(27)17-9-5-3-6-10-17/h3-12H,13-16H2,1-2H3,(H,24,25,29). The van der Waals surface area contributed by atoms with E-state index < -0.39 is 5.54 Å². The van der Waals surface area contributed by atoms with Gasteiger partial charge in [0, 0.05) is 30.7 Å². The molecule has 0 aliphatic carbocycles. The fourth-order valence-corrected chi connectivity index (χ4v) is 4.55. The van der Waals surface area contributed by atoms with Gasteiger partial charge in [-0.1, -0.05) is 48.5 Å². The molecule has 0 radical (unpaired) electrons. The molecule has 1 fully saturated rings. The molecule has 2 aromatic rings. The Morgan fingerprint density at radius 2 is 1.79 bits per heavy atom. The van der Waals surface area contributed by atoms with Crippen LogP contribution in [0.15, 0.2) is 65.7 Å². The predicted octanol–water partition coefficient (Wildman–Crippen LogP) is 4.31. The Labute approximate surface area is 176 Å². The normalized spacial score (nSPS) is 23.2. The summed E-state index contributed by atoms with van der Waals surface area (Å²) in [7, 11) is 0. The lowest BCUT2D eigenvalue weighted by Crippen LogP contribution is -2.61. The van der Waals surface area contributed by atoms with Gasteiger partial charge >= 0.3 is 0 Å². The molecule has 2 heterocycles. The lowest BCUT2D eigenvalue weighted by Gasteiger charge is -2.48. The number of carbonyl (C=O) groups excluding carboxylic acids is 1. The average molecular weight is 408 g/mol. The van der Waals surface area contributed by atoms with Crippen molar-refractivity contribution >= 4 is 34.6 Å². The molecule has 2 aliphatic heterocycles. The van der Waals surface area contributed by atoms with Gasteiger partial charge in [0.15, 0.2) is 10.9 Å². The first-order valence-electron chi connectivity index (χ1n) is 9.85. The fourth-order valence-electron chi connectivity index (χ4n) is 4.22. The minimum Gasteiger partial charge on any atom is -0.375 e. The summed E-state index contributed by atoms with van der Waals surface area (Å²) in [5, 5.41) is 3.92. The number of thiocarbonyl (C=S) groups is 1. The van der Waals surface area contributed by atoms with Crippen molar-refractivity contribution in [1.82, 2.24) is 4.90 Å². The highest BCUT2D eigenvalue weighted by Gasteiger charge is 2.53. The van der Waals surface area contributed by atoms with Crippen molar-refractivity contribution in [1.29, 1.82) is 0 Å². The number of nitrogens with one attached hydrogen (secondary N) is 1. The molecule has 150 valence electrons. The molecule has 5 nitrogen and oxygen atoms in total. The molecule has 1 N–H and O–H groups in total. The van der Waals surface area contributed by atoms with Crippen LogP contribution in [0.5, 0.6) is 0 Å². The zero-order valence-electron chi connectivity index (χ0n) is 16.7. The SMILES string of the molecule is CC1(C)CC2(CCO1)C(Nc1ccccc1)=NC(=S)N2CC(=O)c1ccccc1. The summed E-state index contributed by atoms with van der Waals surface area (Å²) < 4.78 is 5.99. The summed E-state index contributed by atoms with van der Waals surface area (Å²) in [6.07, 6.45) is 1.41. The van der Waals surface area contributed by atoms with E-state index in [4.69, 9.17) is 21.9 Å². The van der Waals surface area contributed by atoms with Gasteiger partial charge in [-0.05, 0) is 38.2 Å². The number of benzene rings is 2. The first-order valence-corrected chi connectivity index (χ1v) is 10.3. The van der Waals surface area contributed by atoms with Gasteiger partial charge in [0.05, 0.1) is 12.1 Å². The fraction of sp³-hybridized carbons (Fsp3) is 0.348. The van der Waals surface area contributed by atoms with E-state index in [2.05, 4.69) is 19.2 Å². The number of amidine groups is 1. The molecule has 0 saturated carbocycles. The van der Waals surface area contributed by atoms with E-state index in [9.17, 15) is 4.79 Å². The molecule has 2 aromatic carbocycles. The number of hydrogen-bond donors (Lipinski definition) is 1. The van der Waals surface area contributed by atoms with E-state index in [-0.39, 0.29) is 17.9 Å². The molecule has 4 rings (SSSR count). The predicted molar refractivity (Wildman–Crippen MR) is 120 cm³/mol. The smallest absolute Gasteiger partial charge is 0.198 e. The maximum absolute atomic E-state index is 13.0. The van der Waals surface area contributed by atoms with E-state index in [1.165, 1.54) is 0 Å². The van der Waals surface area contributed by atoms with Crippen molar-refractivity contribution in [3.05, 3.63) is 66.2 Å². The largest absolute Gasteiger partial charge is 0.375 e. The number of ether oxygens (including phenoxy) is 1. The van der Waals surface area contributed by atoms with Crippen molar-refractivity contribution in [2.24, 2.45) is 4.99 Å². The topological polar surface area (TPSA) is 53.9 Å². The van der Waals surface area contributed by atoms with Crippen LogP contribution >= 0.6 is 12.2 Å². The Hall–Kier alpha value is -2.57. The number of para-hydroxylation sites is 1. The molecule has 1 atom stereocenters. The Morgan fingerprint density at radius 3 is 2.45 bits per heavy atom. The van der Waals surface area contributed by atoms with Crippen LogP contribution in [-0.4, -0.2) is 45.9 Å². The maximum Gasteiger partial charge on any atom is 0.198 e. The van der Waals surface area contributed by atoms with Gasteiger partial charge in [-0.15, -0.1) is 0 Å². The quantitative estimate of drug-likeness (QED) is 0.605. The van der Waals surface area contributed by atoms with Crippen LogP contribution in [0.25, 0.3) is 0 Å². The monoisotopic (exact) mass is 407 g/mol. The highest BCUT2D eigenvalue weighted by Crippen LogP contribution is 2.41. The number of Topliss-reactive ketones (excluding diaryl/α,β-unsaturated/α-hetero) is 1. The average Bonchev–Trinajstić information content (AvgIpc) is 2.93. The molecule has 0 bridgehead atoms. The third-order valence-electron chi connectivity index (χ3n) is 5.56. The molecule has 2 aliphatic rings. The number of rotatable bonds is 4. The summed E-state index contributed by atoms with van der Waals surface area (Å²) >= 11 is 5.64. The second-order valence-electron chi connectivity index (χ2n) is 8.18. The summed E-state index contributed by atoms with van der Waals surface area (Å²) in [5.74, 6) is 0.832. The lowest BCUT2D eigenvalue weighted by atomic mass is 9.79. The second kappa shape index (κ2) is 7.69. The van der Waals surface area contributed by atoms with Gasteiger partial charge in [-0.25, -0.2) is 4.99 Å². The van der Waals surface area contributed by atoms with Crippen LogP contribution in [0.4, 0.5) is 5.69 Å². The second-order valence-corrected chi connectivity index (χ2v) is 8.54. The third-order valence-corrected chi connectivity index (χ3v) is 5.87. The summed E-state index contributed by atoms with van der Waals surface area (Å²) in [5.41, 5.74) is 0.806. The van der Waals surface area contributed by atoms with Crippen molar-refractivity contribution in [3.8, 4) is 0 Å². The molecule has 1 saturated heterocycles. The van der Waals surface area contributed by atoms with Gasteiger partial charge in [0.2, 0.25) is 0 Å². The Morgan fingerprint density at radius 1 is 1.14 bits per heavy atom. The van der Waals surface area contributed by atoms with Crippen molar-refractivity contribution in [2.45, 2.75) is 37.8 Å².